The molecule has 0 amide bonds. The summed E-state index contributed by atoms with van der Waals surface area (Å²) in [5, 5.41) is 23.5. The first kappa shape index (κ1) is 16.2. The highest BCUT2D eigenvalue weighted by Crippen LogP contribution is 2.52. The van der Waals surface area contributed by atoms with Crippen LogP contribution in [0.2, 0.25) is 0 Å². The molecule has 2 aliphatic rings. The molecule has 0 fully saturated rings. The van der Waals surface area contributed by atoms with E-state index in [4.69, 9.17) is 10.00 Å². The number of benzene rings is 2. The molecule has 4 rings (SSSR count). The Morgan fingerprint density at radius 1 is 1.27 bits per heavy atom. The van der Waals surface area contributed by atoms with Crippen LogP contribution in [0.25, 0.3) is 0 Å². The van der Waals surface area contributed by atoms with E-state index in [2.05, 4.69) is 17.5 Å². The molecule has 26 heavy (non-hydrogen) atoms. The van der Waals surface area contributed by atoms with Crippen LogP contribution in [0.5, 0.6) is 5.75 Å². The lowest BCUT2D eigenvalue weighted by atomic mass is 9.77. The second-order valence-electron chi connectivity index (χ2n) is 6.49. The van der Waals surface area contributed by atoms with Crippen molar-refractivity contribution in [3.8, 4) is 11.8 Å². The molecule has 0 saturated heterocycles. The molecule has 2 aromatic carbocycles. The van der Waals surface area contributed by atoms with Crippen LogP contribution in [-0.2, 0) is 0 Å². The van der Waals surface area contributed by atoms with Crippen molar-refractivity contribution in [2.45, 2.75) is 18.4 Å². The SMILES string of the molecule is N#CCOc1ccc([C@@H]2Nc3c(cccc3[N+](=O)[O-])[C@@H]3C=CC[C@@H]32)cc1. The number of anilines is 1. The van der Waals surface area contributed by atoms with Gasteiger partial charge >= 0.3 is 0 Å². The van der Waals surface area contributed by atoms with Crippen molar-refractivity contribution in [3.05, 3.63) is 75.9 Å². The van der Waals surface area contributed by atoms with Crippen LogP contribution in [0.15, 0.2) is 54.6 Å². The van der Waals surface area contributed by atoms with Crippen molar-refractivity contribution < 1.29 is 9.66 Å². The van der Waals surface area contributed by atoms with Crippen LogP contribution in [0.3, 0.4) is 0 Å². The van der Waals surface area contributed by atoms with Gasteiger partial charge in [-0.25, -0.2) is 0 Å². The Morgan fingerprint density at radius 2 is 2.08 bits per heavy atom. The fourth-order valence-electron chi connectivity index (χ4n) is 3.97. The van der Waals surface area contributed by atoms with Crippen LogP contribution in [-0.4, -0.2) is 11.5 Å². The number of nitro benzene ring substituents is 1. The number of nitrogens with one attached hydrogen (secondary N) is 1. The fraction of sp³-hybridized carbons (Fsp3) is 0.250. The highest BCUT2D eigenvalue weighted by atomic mass is 16.6. The van der Waals surface area contributed by atoms with E-state index in [0.29, 0.717) is 17.4 Å². The summed E-state index contributed by atoms with van der Waals surface area (Å²) in [6.07, 6.45) is 5.24. The summed E-state index contributed by atoms with van der Waals surface area (Å²) < 4.78 is 5.31. The fourth-order valence-corrected chi connectivity index (χ4v) is 3.97. The minimum Gasteiger partial charge on any atom is -0.479 e. The zero-order valence-corrected chi connectivity index (χ0v) is 14.0. The molecule has 0 unspecified atom stereocenters. The minimum atomic E-state index is -0.333. The van der Waals surface area contributed by atoms with Gasteiger partial charge in [0.1, 0.15) is 17.5 Å². The van der Waals surface area contributed by atoms with Gasteiger partial charge in [-0.05, 0) is 35.6 Å². The Labute approximate surface area is 150 Å². The summed E-state index contributed by atoms with van der Waals surface area (Å²) >= 11 is 0. The number of rotatable bonds is 4. The van der Waals surface area contributed by atoms with E-state index in [9.17, 15) is 10.1 Å². The molecule has 1 heterocycles. The number of para-hydroxylation sites is 1. The summed E-state index contributed by atoms with van der Waals surface area (Å²) in [5.74, 6) is 1.12. The molecule has 130 valence electrons. The van der Waals surface area contributed by atoms with Gasteiger partial charge in [-0.15, -0.1) is 0 Å². The molecule has 0 radical (unpaired) electrons. The van der Waals surface area contributed by atoms with Gasteiger partial charge in [-0.2, -0.15) is 5.26 Å². The Kier molecular flexibility index (Phi) is 4.05. The molecule has 1 aliphatic carbocycles. The van der Waals surface area contributed by atoms with E-state index in [-0.39, 0.29) is 29.2 Å². The van der Waals surface area contributed by atoms with Crippen molar-refractivity contribution in [1.29, 1.82) is 5.26 Å². The van der Waals surface area contributed by atoms with Gasteiger partial charge in [-0.1, -0.05) is 36.4 Å². The smallest absolute Gasteiger partial charge is 0.292 e. The van der Waals surface area contributed by atoms with Gasteiger partial charge in [0.2, 0.25) is 0 Å². The molecule has 0 aromatic heterocycles. The largest absolute Gasteiger partial charge is 0.479 e. The molecule has 0 spiro atoms. The Morgan fingerprint density at radius 3 is 2.81 bits per heavy atom. The summed E-state index contributed by atoms with van der Waals surface area (Å²) in [5.41, 5.74) is 2.76. The maximum atomic E-state index is 11.5. The zero-order valence-electron chi connectivity index (χ0n) is 14.0. The molecule has 1 N–H and O–H groups in total. The quantitative estimate of drug-likeness (QED) is 0.505. The van der Waals surface area contributed by atoms with Crippen molar-refractivity contribution in [3.63, 3.8) is 0 Å². The van der Waals surface area contributed by atoms with Crippen LogP contribution < -0.4 is 10.1 Å². The molecular weight excluding hydrogens is 330 g/mol. The zero-order chi connectivity index (χ0) is 18.1. The summed E-state index contributed by atoms with van der Waals surface area (Å²) in [7, 11) is 0. The highest BCUT2D eigenvalue weighted by molar-refractivity contribution is 5.71. The Balaban J connectivity index is 1.70. The summed E-state index contributed by atoms with van der Waals surface area (Å²) in [6, 6.07) is 14.8. The minimum absolute atomic E-state index is 0.00914. The molecule has 6 heteroatoms. The molecule has 6 nitrogen and oxygen atoms in total. The number of hydrogen-bond acceptors (Lipinski definition) is 5. The summed E-state index contributed by atoms with van der Waals surface area (Å²) in [4.78, 5) is 11.1. The van der Waals surface area contributed by atoms with Gasteiger partial charge in [0.05, 0.1) is 11.0 Å². The highest BCUT2D eigenvalue weighted by Gasteiger charge is 2.40. The average Bonchev–Trinajstić information content (AvgIpc) is 3.15. The number of nitrogens with zero attached hydrogens (tertiary/aromatic N) is 2. The standard InChI is InChI=1S/C20H17N3O3/c21-11-12-26-14-9-7-13(8-10-14)19-16-4-1-3-15(16)17-5-2-6-18(23(24)25)20(17)22-19/h1-3,5-10,15-16,19,22H,4,12H2/t15-,16+,19+/m1/s1. The van der Waals surface area contributed by atoms with Crippen LogP contribution in [0.1, 0.15) is 29.5 Å². The van der Waals surface area contributed by atoms with Gasteiger partial charge in [0.25, 0.3) is 5.69 Å². The van der Waals surface area contributed by atoms with Gasteiger partial charge in [0.15, 0.2) is 6.61 Å². The third-order valence-corrected chi connectivity index (χ3v) is 5.11. The topological polar surface area (TPSA) is 88.2 Å². The second kappa shape index (κ2) is 6.52. The number of hydrogen-bond donors (Lipinski definition) is 1. The van der Waals surface area contributed by atoms with Crippen LogP contribution >= 0.6 is 0 Å². The molecule has 0 bridgehead atoms. The molecule has 3 atom stereocenters. The third kappa shape index (κ3) is 2.68. The number of allylic oxidation sites excluding steroid dienone is 2. The molecule has 2 aromatic rings. The predicted molar refractivity (Wildman–Crippen MR) is 97.0 cm³/mol. The summed E-state index contributed by atoms with van der Waals surface area (Å²) in [6.45, 7) is 0.00914. The first-order chi connectivity index (χ1) is 12.7. The van der Waals surface area contributed by atoms with E-state index in [1.807, 2.05) is 36.4 Å². The first-order valence-electron chi connectivity index (χ1n) is 8.49. The maximum Gasteiger partial charge on any atom is 0.292 e. The van der Waals surface area contributed by atoms with E-state index in [1.54, 1.807) is 12.1 Å². The lowest BCUT2D eigenvalue weighted by Crippen LogP contribution is -2.29. The third-order valence-electron chi connectivity index (χ3n) is 5.11. The van der Waals surface area contributed by atoms with Crippen molar-refractivity contribution in [2.24, 2.45) is 5.92 Å². The molecule has 1 aliphatic heterocycles. The van der Waals surface area contributed by atoms with E-state index in [1.165, 1.54) is 0 Å². The lowest BCUT2D eigenvalue weighted by Gasteiger charge is -2.37. The first-order valence-corrected chi connectivity index (χ1v) is 8.49. The van der Waals surface area contributed by atoms with Crippen molar-refractivity contribution in [1.82, 2.24) is 0 Å². The van der Waals surface area contributed by atoms with Crippen molar-refractivity contribution >= 4 is 11.4 Å². The predicted octanol–water partition coefficient (Wildman–Crippen LogP) is 4.32. The lowest BCUT2D eigenvalue weighted by molar-refractivity contribution is -0.384. The van der Waals surface area contributed by atoms with Gasteiger partial charge in [-0.3, -0.25) is 10.1 Å². The van der Waals surface area contributed by atoms with Crippen molar-refractivity contribution in [2.75, 3.05) is 11.9 Å². The Hall–Kier alpha value is -3.33. The van der Waals surface area contributed by atoms with E-state index >= 15 is 0 Å². The van der Waals surface area contributed by atoms with E-state index in [0.717, 1.165) is 17.5 Å². The van der Waals surface area contributed by atoms with Crippen LogP contribution in [0.4, 0.5) is 11.4 Å². The number of nitriles is 1. The second-order valence-corrected chi connectivity index (χ2v) is 6.49. The van der Waals surface area contributed by atoms with Gasteiger partial charge < -0.3 is 10.1 Å². The maximum absolute atomic E-state index is 11.5. The van der Waals surface area contributed by atoms with Gasteiger partial charge in [0, 0.05) is 12.0 Å². The number of ether oxygens (including phenoxy) is 1. The van der Waals surface area contributed by atoms with Crippen LogP contribution in [0, 0.1) is 27.4 Å². The average molecular weight is 347 g/mol. The normalized spacial score (nSPS) is 22.7. The number of fused-ring (bicyclic) bond motifs is 3. The monoisotopic (exact) mass is 347 g/mol. The van der Waals surface area contributed by atoms with E-state index < -0.39 is 0 Å². The molecular formula is C20H17N3O3. The Bertz CT molecular complexity index is 915. The molecule has 0 saturated carbocycles. The number of nitro groups is 1.